The maximum absolute atomic E-state index is 11.9. The number of hydrogen-bond acceptors (Lipinski definition) is 2. The van der Waals surface area contributed by atoms with E-state index in [1.807, 2.05) is 0 Å². The van der Waals surface area contributed by atoms with Crippen molar-refractivity contribution in [3.05, 3.63) is 0 Å². The zero-order chi connectivity index (χ0) is 17.3. The quantitative estimate of drug-likeness (QED) is 0.553. The van der Waals surface area contributed by atoms with E-state index in [9.17, 15) is 9.59 Å². The average molecular weight is 325 g/mol. The highest BCUT2D eigenvalue weighted by Crippen LogP contribution is 2.37. The third-order valence-corrected chi connectivity index (χ3v) is 5.06. The Morgan fingerprint density at radius 1 is 0.913 bits per heavy atom. The first-order valence-electron chi connectivity index (χ1n) is 9.43. The molecule has 0 aromatic heterocycles. The Morgan fingerprint density at radius 3 is 2.09 bits per heavy atom. The molecule has 4 heteroatoms. The van der Waals surface area contributed by atoms with Gasteiger partial charge in [-0.05, 0) is 43.4 Å². The Bertz CT molecular complexity index is 366. The first-order chi connectivity index (χ1) is 10.8. The van der Waals surface area contributed by atoms with Crippen LogP contribution < -0.4 is 10.6 Å². The first-order valence-corrected chi connectivity index (χ1v) is 9.43. The van der Waals surface area contributed by atoms with Crippen LogP contribution in [0.2, 0.25) is 0 Å². The molecule has 2 amide bonds. The molecule has 4 nitrogen and oxygen atoms in total. The molecule has 1 aliphatic rings. The number of nitrogens with one attached hydrogen (secondary N) is 2. The Labute approximate surface area is 142 Å². The molecule has 0 aliphatic heterocycles. The van der Waals surface area contributed by atoms with E-state index in [-0.39, 0.29) is 6.04 Å². The van der Waals surface area contributed by atoms with Crippen LogP contribution in [0.3, 0.4) is 0 Å². The van der Waals surface area contributed by atoms with Gasteiger partial charge in [-0.2, -0.15) is 0 Å². The number of unbranched alkanes of at least 4 members (excludes halogenated alkanes) is 4. The van der Waals surface area contributed by atoms with E-state index in [0.717, 1.165) is 38.5 Å². The van der Waals surface area contributed by atoms with Crippen molar-refractivity contribution >= 4 is 11.8 Å². The Hall–Kier alpha value is -1.06. The Balaban J connectivity index is 2.17. The summed E-state index contributed by atoms with van der Waals surface area (Å²) < 4.78 is 0. The van der Waals surface area contributed by atoms with Crippen LogP contribution in [0.4, 0.5) is 0 Å². The van der Waals surface area contributed by atoms with Gasteiger partial charge in [0.1, 0.15) is 0 Å². The largest absolute Gasteiger partial charge is 0.348 e. The van der Waals surface area contributed by atoms with Crippen LogP contribution in [0.25, 0.3) is 0 Å². The van der Waals surface area contributed by atoms with Crippen molar-refractivity contribution in [2.45, 2.75) is 91.5 Å². The molecule has 0 unspecified atom stereocenters. The molecule has 0 radical (unpaired) electrons. The summed E-state index contributed by atoms with van der Waals surface area (Å²) in [6, 6.07) is 0.163. The summed E-state index contributed by atoms with van der Waals surface area (Å²) in [6.07, 6.45) is 9.96. The summed E-state index contributed by atoms with van der Waals surface area (Å²) in [5, 5.41) is 5.63. The van der Waals surface area contributed by atoms with Gasteiger partial charge in [0.05, 0.1) is 0 Å². The highest BCUT2D eigenvalue weighted by atomic mass is 16.2. The number of hydrogen-bond donors (Lipinski definition) is 2. The molecule has 0 saturated heterocycles. The van der Waals surface area contributed by atoms with Crippen LogP contribution >= 0.6 is 0 Å². The summed E-state index contributed by atoms with van der Waals surface area (Å²) in [4.78, 5) is 23.7. The van der Waals surface area contributed by atoms with Crippen molar-refractivity contribution in [2.75, 3.05) is 6.54 Å². The lowest BCUT2D eigenvalue weighted by Gasteiger charge is -2.37. The van der Waals surface area contributed by atoms with Crippen LogP contribution in [-0.4, -0.2) is 24.4 Å². The van der Waals surface area contributed by atoms with Gasteiger partial charge in [0, 0.05) is 12.6 Å². The van der Waals surface area contributed by atoms with E-state index in [2.05, 4.69) is 38.3 Å². The number of carbonyl (C=O) groups is 2. The minimum Gasteiger partial charge on any atom is -0.348 e. The Kier molecular flexibility index (Phi) is 8.64. The third kappa shape index (κ3) is 7.85. The maximum Gasteiger partial charge on any atom is 0.309 e. The van der Waals surface area contributed by atoms with E-state index < -0.39 is 11.8 Å². The lowest BCUT2D eigenvalue weighted by Crippen LogP contribution is -2.46. The maximum atomic E-state index is 11.9. The molecule has 0 heterocycles. The molecule has 0 aromatic rings. The van der Waals surface area contributed by atoms with Crippen molar-refractivity contribution in [3.63, 3.8) is 0 Å². The number of carbonyl (C=O) groups excluding carboxylic acids is 2. The van der Waals surface area contributed by atoms with Crippen molar-refractivity contribution < 1.29 is 9.59 Å². The van der Waals surface area contributed by atoms with E-state index in [1.165, 1.54) is 19.3 Å². The third-order valence-electron chi connectivity index (χ3n) is 5.06. The fourth-order valence-electron chi connectivity index (χ4n) is 3.37. The number of rotatable bonds is 7. The lowest BCUT2D eigenvalue weighted by molar-refractivity contribution is -0.139. The molecule has 1 fully saturated rings. The van der Waals surface area contributed by atoms with E-state index in [1.54, 1.807) is 0 Å². The molecular weight excluding hydrogens is 288 g/mol. The van der Waals surface area contributed by atoms with Crippen molar-refractivity contribution in [1.29, 1.82) is 0 Å². The molecule has 134 valence electrons. The second kappa shape index (κ2) is 9.94. The summed E-state index contributed by atoms with van der Waals surface area (Å²) in [5.41, 5.74) is 0.337. The molecular formula is C19H36N2O2. The summed E-state index contributed by atoms with van der Waals surface area (Å²) in [7, 11) is 0. The minimum atomic E-state index is -0.474. The molecule has 0 spiro atoms. The molecule has 23 heavy (non-hydrogen) atoms. The number of amides is 2. The summed E-state index contributed by atoms with van der Waals surface area (Å²) in [5.74, 6) is -0.219. The molecule has 1 rings (SSSR count). The molecule has 2 N–H and O–H groups in total. The van der Waals surface area contributed by atoms with Crippen molar-refractivity contribution in [1.82, 2.24) is 10.6 Å². The minimum absolute atomic E-state index is 0.163. The molecule has 1 aliphatic carbocycles. The summed E-state index contributed by atoms with van der Waals surface area (Å²) >= 11 is 0. The highest BCUT2D eigenvalue weighted by Gasteiger charge is 2.30. The topological polar surface area (TPSA) is 58.2 Å². The second-order valence-corrected chi connectivity index (χ2v) is 8.06. The van der Waals surface area contributed by atoms with Gasteiger partial charge >= 0.3 is 11.8 Å². The van der Waals surface area contributed by atoms with Gasteiger partial charge in [0.2, 0.25) is 0 Å². The van der Waals surface area contributed by atoms with Gasteiger partial charge < -0.3 is 10.6 Å². The Morgan fingerprint density at radius 2 is 1.52 bits per heavy atom. The first kappa shape index (κ1) is 20.0. The van der Waals surface area contributed by atoms with Crippen LogP contribution in [-0.2, 0) is 9.59 Å². The fourth-order valence-corrected chi connectivity index (χ4v) is 3.37. The van der Waals surface area contributed by atoms with E-state index in [0.29, 0.717) is 17.9 Å². The summed E-state index contributed by atoms with van der Waals surface area (Å²) in [6.45, 7) is 9.63. The van der Waals surface area contributed by atoms with Crippen molar-refractivity contribution in [3.8, 4) is 0 Å². The van der Waals surface area contributed by atoms with Gasteiger partial charge in [0.15, 0.2) is 0 Å². The normalized spacial score (nSPS) is 21.7. The van der Waals surface area contributed by atoms with Crippen LogP contribution in [0.5, 0.6) is 0 Å². The van der Waals surface area contributed by atoms with Gasteiger partial charge in [0.25, 0.3) is 0 Å². The van der Waals surface area contributed by atoms with Crippen LogP contribution in [0.1, 0.15) is 85.5 Å². The molecule has 0 aromatic carbocycles. The lowest BCUT2D eigenvalue weighted by atomic mass is 9.71. The SMILES string of the molecule is CCCCCCCNC(=O)C(=O)NC1CCC(C(C)(C)C)CC1. The zero-order valence-electron chi connectivity index (χ0n) is 15.5. The fraction of sp³-hybridized carbons (Fsp3) is 0.895. The van der Waals surface area contributed by atoms with E-state index in [4.69, 9.17) is 0 Å². The second-order valence-electron chi connectivity index (χ2n) is 8.06. The molecule has 0 atom stereocenters. The zero-order valence-corrected chi connectivity index (χ0v) is 15.5. The van der Waals surface area contributed by atoms with Gasteiger partial charge in [-0.3, -0.25) is 9.59 Å². The monoisotopic (exact) mass is 324 g/mol. The molecule has 0 bridgehead atoms. The standard InChI is InChI=1S/C19H36N2O2/c1-5-6-7-8-9-14-20-17(22)18(23)21-16-12-10-15(11-13-16)19(2,3)4/h15-16H,5-14H2,1-4H3,(H,20,22)(H,21,23). The van der Waals surface area contributed by atoms with Crippen LogP contribution in [0.15, 0.2) is 0 Å². The van der Waals surface area contributed by atoms with E-state index >= 15 is 0 Å². The molecule has 1 saturated carbocycles. The predicted octanol–water partition coefficient (Wildman–Crippen LogP) is 3.79. The van der Waals surface area contributed by atoms with Crippen molar-refractivity contribution in [2.24, 2.45) is 11.3 Å². The average Bonchev–Trinajstić information content (AvgIpc) is 2.50. The smallest absolute Gasteiger partial charge is 0.309 e. The van der Waals surface area contributed by atoms with Gasteiger partial charge in [-0.1, -0.05) is 53.4 Å². The van der Waals surface area contributed by atoms with Gasteiger partial charge in [-0.25, -0.2) is 0 Å². The van der Waals surface area contributed by atoms with Gasteiger partial charge in [-0.15, -0.1) is 0 Å². The highest BCUT2D eigenvalue weighted by molar-refractivity contribution is 6.35. The predicted molar refractivity (Wildman–Crippen MR) is 95.1 cm³/mol. The van der Waals surface area contributed by atoms with Crippen LogP contribution in [0, 0.1) is 11.3 Å².